The minimum Gasteiger partial charge on any atom is -0.383 e. The van der Waals surface area contributed by atoms with E-state index in [1.54, 1.807) is 7.11 Å². The van der Waals surface area contributed by atoms with Crippen molar-refractivity contribution in [2.75, 3.05) is 33.4 Å². The quantitative estimate of drug-likeness (QED) is 0.742. The second-order valence-electron chi connectivity index (χ2n) is 5.35. The van der Waals surface area contributed by atoms with Crippen LogP contribution in [0.1, 0.15) is 32.6 Å². The third kappa shape index (κ3) is 2.96. The van der Waals surface area contributed by atoms with Crippen molar-refractivity contribution < 1.29 is 4.74 Å². The van der Waals surface area contributed by atoms with Gasteiger partial charge in [0.1, 0.15) is 0 Å². The van der Waals surface area contributed by atoms with Gasteiger partial charge in [-0.05, 0) is 38.3 Å². The highest BCUT2D eigenvalue weighted by Gasteiger charge is 2.34. The summed E-state index contributed by atoms with van der Waals surface area (Å²) >= 11 is 0. The Hall–Kier alpha value is -0.120. The van der Waals surface area contributed by atoms with Crippen molar-refractivity contribution in [3.8, 4) is 0 Å². The average Bonchev–Trinajstić information content (AvgIpc) is 2.31. The molecule has 0 spiro atoms. The summed E-state index contributed by atoms with van der Waals surface area (Å²) in [6, 6.07) is 1.27. The number of methoxy groups -OCH3 is 1. The molecular formula is C13H26N2O. The molecule has 0 aromatic carbocycles. The van der Waals surface area contributed by atoms with E-state index in [0.29, 0.717) is 12.1 Å². The van der Waals surface area contributed by atoms with Crippen LogP contribution in [0.5, 0.6) is 0 Å². The zero-order valence-electron chi connectivity index (χ0n) is 10.7. The number of rotatable bonds is 6. The van der Waals surface area contributed by atoms with Gasteiger partial charge in [-0.3, -0.25) is 0 Å². The molecule has 2 unspecified atom stereocenters. The monoisotopic (exact) mass is 226 g/mol. The van der Waals surface area contributed by atoms with Crippen LogP contribution in [0.15, 0.2) is 0 Å². The molecule has 0 aliphatic carbocycles. The van der Waals surface area contributed by atoms with Crippen molar-refractivity contribution in [1.29, 1.82) is 0 Å². The molecule has 3 heterocycles. The van der Waals surface area contributed by atoms with Crippen molar-refractivity contribution in [2.45, 2.75) is 44.7 Å². The molecule has 2 atom stereocenters. The molecule has 3 nitrogen and oxygen atoms in total. The third-order valence-corrected chi connectivity index (χ3v) is 4.11. The topological polar surface area (TPSA) is 24.5 Å². The minimum absolute atomic E-state index is 0.556. The summed E-state index contributed by atoms with van der Waals surface area (Å²) in [5, 5.41) is 3.82. The van der Waals surface area contributed by atoms with E-state index in [4.69, 9.17) is 4.74 Å². The molecule has 3 aliphatic rings. The molecule has 3 rings (SSSR count). The Morgan fingerprint density at radius 2 is 2.12 bits per heavy atom. The average molecular weight is 226 g/mol. The van der Waals surface area contributed by atoms with Gasteiger partial charge in [-0.2, -0.15) is 0 Å². The summed E-state index contributed by atoms with van der Waals surface area (Å²) < 4.78 is 5.30. The lowest BCUT2D eigenvalue weighted by atomic mass is 9.83. The summed E-state index contributed by atoms with van der Waals surface area (Å²) in [5.41, 5.74) is 0. The highest BCUT2D eigenvalue weighted by atomic mass is 16.5. The molecule has 0 aromatic rings. The lowest BCUT2D eigenvalue weighted by Crippen LogP contribution is -2.58. The fraction of sp³-hybridized carbons (Fsp3) is 1.00. The summed E-state index contributed by atoms with van der Waals surface area (Å²) in [6.45, 7) is 7.02. The minimum atomic E-state index is 0.556. The number of nitrogens with zero attached hydrogens (tertiary/aromatic N) is 1. The van der Waals surface area contributed by atoms with E-state index in [1.807, 2.05) is 0 Å². The first kappa shape index (κ1) is 12.3. The number of fused-ring (bicyclic) bond motifs is 3. The van der Waals surface area contributed by atoms with Gasteiger partial charge in [-0.15, -0.1) is 0 Å². The van der Waals surface area contributed by atoms with Gasteiger partial charge < -0.3 is 15.0 Å². The Bertz CT molecular complexity index is 196. The van der Waals surface area contributed by atoms with Gasteiger partial charge in [-0.1, -0.05) is 13.3 Å². The number of piperidine rings is 3. The molecular weight excluding hydrogens is 200 g/mol. The van der Waals surface area contributed by atoms with Crippen LogP contribution in [0.25, 0.3) is 0 Å². The van der Waals surface area contributed by atoms with Crippen LogP contribution in [0, 0.1) is 5.92 Å². The Kier molecular flexibility index (Phi) is 4.62. The summed E-state index contributed by atoms with van der Waals surface area (Å²) in [6.07, 6.45) is 5.26. The number of ether oxygens (including phenoxy) is 1. The smallest absolute Gasteiger partial charge is 0.0615 e. The van der Waals surface area contributed by atoms with E-state index in [1.165, 1.54) is 45.3 Å². The van der Waals surface area contributed by atoms with E-state index in [0.717, 1.165) is 12.5 Å². The van der Waals surface area contributed by atoms with Crippen LogP contribution >= 0.6 is 0 Å². The standard InChI is InChI=1S/C13H26N2O/c1-3-4-12(10-16-2)14-13-9-15-7-5-11(13)6-8-15/h11-14H,3-10H2,1-2H3. The highest BCUT2D eigenvalue weighted by molar-refractivity contribution is 4.92. The lowest BCUT2D eigenvalue weighted by molar-refractivity contribution is 0.0564. The van der Waals surface area contributed by atoms with Crippen molar-refractivity contribution >= 4 is 0 Å². The van der Waals surface area contributed by atoms with E-state index in [2.05, 4.69) is 17.1 Å². The Morgan fingerprint density at radius 3 is 2.62 bits per heavy atom. The third-order valence-electron chi connectivity index (χ3n) is 4.11. The molecule has 3 saturated heterocycles. The van der Waals surface area contributed by atoms with Gasteiger partial charge in [0.25, 0.3) is 0 Å². The van der Waals surface area contributed by atoms with Crippen LogP contribution in [-0.2, 0) is 4.74 Å². The fourth-order valence-corrected chi connectivity index (χ4v) is 3.22. The normalized spacial score (nSPS) is 35.2. The van der Waals surface area contributed by atoms with Gasteiger partial charge >= 0.3 is 0 Å². The number of hydrogen-bond donors (Lipinski definition) is 1. The first-order chi connectivity index (χ1) is 7.83. The van der Waals surface area contributed by atoms with Crippen LogP contribution in [0.3, 0.4) is 0 Å². The zero-order chi connectivity index (χ0) is 11.4. The molecule has 94 valence electrons. The second kappa shape index (κ2) is 5.99. The molecule has 0 saturated carbocycles. The SMILES string of the molecule is CCCC(COC)NC1CN2CCC1CC2. The van der Waals surface area contributed by atoms with Gasteiger partial charge in [-0.25, -0.2) is 0 Å². The summed E-state index contributed by atoms with van der Waals surface area (Å²) in [5.74, 6) is 0.918. The highest BCUT2D eigenvalue weighted by Crippen LogP contribution is 2.27. The second-order valence-corrected chi connectivity index (χ2v) is 5.35. The van der Waals surface area contributed by atoms with E-state index in [9.17, 15) is 0 Å². The molecule has 0 radical (unpaired) electrons. The van der Waals surface area contributed by atoms with Crippen molar-refractivity contribution in [3.63, 3.8) is 0 Å². The van der Waals surface area contributed by atoms with Gasteiger partial charge in [0.05, 0.1) is 6.61 Å². The predicted molar refractivity (Wildman–Crippen MR) is 66.7 cm³/mol. The zero-order valence-corrected chi connectivity index (χ0v) is 10.7. The molecule has 0 aromatic heterocycles. The molecule has 3 heteroatoms. The fourth-order valence-electron chi connectivity index (χ4n) is 3.22. The van der Waals surface area contributed by atoms with Crippen molar-refractivity contribution in [1.82, 2.24) is 10.2 Å². The van der Waals surface area contributed by atoms with Gasteiger partial charge in [0.15, 0.2) is 0 Å². The van der Waals surface area contributed by atoms with Crippen LogP contribution in [0.4, 0.5) is 0 Å². The van der Waals surface area contributed by atoms with E-state index >= 15 is 0 Å². The maximum atomic E-state index is 5.30. The Morgan fingerprint density at radius 1 is 1.38 bits per heavy atom. The predicted octanol–water partition coefficient (Wildman–Crippen LogP) is 1.49. The number of hydrogen-bond acceptors (Lipinski definition) is 3. The van der Waals surface area contributed by atoms with Crippen LogP contribution in [-0.4, -0.2) is 50.3 Å². The van der Waals surface area contributed by atoms with Crippen molar-refractivity contribution in [3.05, 3.63) is 0 Å². The Balaban J connectivity index is 1.82. The largest absolute Gasteiger partial charge is 0.383 e. The lowest BCUT2D eigenvalue weighted by Gasteiger charge is -2.46. The molecule has 3 fully saturated rings. The molecule has 16 heavy (non-hydrogen) atoms. The number of nitrogens with one attached hydrogen (secondary N) is 1. The first-order valence-electron chi connectivity index (χ1n) is 6.80. The molecule has 3 aliphatic heterocycles. The van der Waals surface area contributed by atoms with Crippen LogP contribution < -0.4 is 5.32 Å². The molecule has 2 bridgehead atoms. The summed E-state index contributed by atoms with van der Waals surface area (Å²) in [4.78, 5) is 2.60. The van der Waals surface area contributed by atoms with E-state index in [-0.39, 0.29) is 0 Å². The summed E-state index contributed by atoms with van der Waals surface area (Å²) in [7, 11) is 1.81. The van der Waals surface area contributed by atoms with Crippen molar-refractivity contribution in [2.24, 2.45) is 5.92 Å². The van der Waals surface area contributed by atoms with Crippen LogP contribution in [0.2, 0.25) is 0 Å². The molecule has 1 N–H and O–H groups in total. The maximum Gasteiger partial charge on any atom is 0.0615 e. The molecule has 0 amide bonds. The Labute approximate surface area is 99.5 Å². The first-order valence-corrected chi connectivity index (χ1v) is 6.80. The van der Waals surface area contributed by atoms with E-state index < -0.39 is 0 Å². The van der Waals surface area contributed by atoms with Gasteiger partial charge in [0.2, 0.25) is 0 Å². The van der Waals surface area contributed by atoms with Gasteiger partial charge in [0, 0.05) is 25.7 Å². The maximum absolute atomic E-state index is 5.30.